The Morgan fingerprint density at radius 2 is 0.600 bits per heavy atom. The second-order valence-corrected chi connectivity index (χ2v) is 35.0. The number of carbonyl (C=O) groups is 4. The van der Waals surface area contributed by atoms with Gasteiger partial charge in [0.15, 0.2) is 24.8 Å². The lowest BCUT2D eigenvalue weighted by Gasteiger charge is -2.50. The van der Waals surface area contributed by atoms with Crippen molar-refractivity contribution in [1.82, 2.24) is 0 Å². The third kappa shape index (κ3) is 49.4. The van der Waals surface area contributed by atoms with Crippen LogP contribution >= 0.6 is 7.82 Å². The Balaban J connectivity index is 1.92. The van der Waals surface area contributed by atoms with E-state index in [0.29, 0.717) is 32.1 Å². The van der Waals surface area contributed by atoms with Crippen molar-refractivity contribution in [2.75, 3.05) is 26.4 Å². The van der Waals surface area contributed by atoms with Crippen molar-refractivity contribution in [3.63, 3.8) is 0 Å². The van der Waals surface area contributed by atoms with Crippen molar-refractivity contribution in [1.29, 1.82) is 0 Å². The summed E-state index contributed by atoms with van der Waals surface area (Å²) in [5.41, 5.74) is 0. The van der Waals surface area contributed by atoms with E-state index >= 15 is 0 Å². The van der Waals surface area contributed by atoms with Gasteiger partial charge in [0.25, 0.3) is 0 Å². The predicted octanol–water partition coefficient (Wildman–Crippen LogP) is 17.0. The fourth-order valence-electron chi connectivity index (χ4n) is 15.7. The van der Waals surface area contributed by atoms with Crippen LogP contribution in [0.1, 0.15) is 413 Å². The van der Waals surface area contributed by atoms with Crippen LogP contribution in [0.15, 0.2) is 0 Å². The molecule has 10 N–H and O–H groups in total. The highest BCUT2D eigenvalue weighted by Crippen LogP contribution is 2.49. The number of aliphatic hydroxyl groups excluding tert-OH is 9. The minimum atomic E-state index is -5.80. The second kappa shape index (κ2) is 68.9. The molecule has 2 aliphatic heterocycles. The van der Waals surface area contributed by atoms with Gasteiger partial charge < -0.3 is 88.7 Å². The first-order valence-electron chi connectivity index (χ1n) is 46.8. The van der Waals surface area contributed by atoms with E-state index in [1.54, 1.807) is 0 Å². The van der Waals surface area contributed by atoms with E-state index < -0.39 is 162 Å². The first-order chi connectivity index (χ1) is 55.7. The van der Waals surface area contributed by atoms with Gasteiger partial charge in [-0.1, -0.05) is 362 Å². The van der Waals surface area contributed by atoms with Crippen molar-refractivity contribution in [2.45, 2.75) is 517 Å². The maximum atomic E-state index is 14.9. The van der Waals surface area contributed by atoms with Gasteiger partial charge in [0.2, 0.25) is 0 Å². The SMILES string of the molecule is CCCCCCCCCCCCCCCCCC(=O)OCC(COP(=O)(O)OC1C(OC2OC(CO)C(O)C(O)C2O)C(O)C(O)C(OC(=O)CCCCCCCCCCCCCCCCC)C1OC1OC(COC(=O)CCCCCCCCCCCCCCC)C(O)C(O)C1O)OC(=O)CCCCCCCCCCCCCCC. The van der Waals surface area contributed by atoms with E-state index in [4.69, 9.17) is 46.9 Å². The number of hydrogen-bond acceptors (Lipinski definition) is 24. The van der Waals surface area contributed by atoms with Gasteiger partial charge >= 0.3 is 31.7 Å². The molecular weight excluding hydrogens is 1500 g/mol. The second-order valence-electron chi connectivity index (χ2n) is 33.5. The zero-order valence-electron chi connectivity index (χ0n) is 72.1. The summed E-state index contributed by atoms with van der Waals surface area (Å²) in [6.45, 7) is 5.62. The quantitative estimate of drug-likeness (QED) is 0.0117. The summed E-state index contributed by atoms with van der Waals surface area (Å²) in [6.07, 6.45) is 25.2. The molecule has 26 heteroatoms. The molecule has 1 aliphatic carbocycles. The summed E-state index contributed by atoms with van der Waals surface area (Å²) in [7, 11) is -5.80. The van der Waals surface area contributed by atoms with Crippen molar-refractivity contribution in [2.24, 2.45) is 0 Å². The standard InChI is InChI=1S/C89H167O25P/c1-5-9-13-17-21-25-29-33-35-39-42-45-49-53-57-61-72(91)105-66-69(108-74(93)63-59-55-51-47-43-38-32-28-24-20-16-12-8-4)67-107-115(103,104)114-87-85(112-88-82(101)78(97)76(95)70(65-90)109-88)81(100)80(99)84(111-75(94)64-60-56-52-48-44-40-36-34-30-26-22-18-14-10-6-2)86(87)113-89-83(102)79(98)77(96)71(110-89)68-106-73(92)62-58-54-50-46-41-37-31-27-23-19-15-11-7-3/h69-71,76-90,95-102H,5-68H2,1-4H3,(H,103,104). The Bertz CT molecular complexity index is 2400. The summed E-state index contributed by atoms with van der Waals surface area (Å²) in [5, 5.41) is 102. The zero-order valence-corrected chi connectivity index (χ0v) is 73.0. The molecule has 18 unspecified atom stereocenters. The predicted molar refractivity (Wildman–Crippen MR) is 444 cm³/mol. The number of carbonyl (C=O) groups excluding carboxylic acids is 4. The Kier molecular flexibility index (Phi) is 63.9. The normalized spacial score (nSPS) is 25.2. The molecule has 678 valence electrons. The molecule has 0 amide bonds. The van der Waals surface area contributed by atoms with Crippen molar-refractivity contribution >= 4 is 31.7 Å². The van der Waals surface area contributed by atoms with Crippen LogP contribution in [0.4, 0.5) is 0 Å². The maximum Gasteiger partial charge on any atom is 0.472 e. The van der Waals surface area contributed by atoms with Crippen LogP contribution in [0.25, 0.3) is 0 Å². The van der Waals surface area contributed by atoms with Crippen LogP contribution in [0.2, 0.25) is 0 Å². The third-order valence-corrected chi connectivity index (χ3v) is 24.1. The number of ether oxygens (including phenoxy) is 8. The molecule has 2 saturated heterocycles. The average Bonchev–Trinajstić information content (AvgIpc) is 0.755. The van der Waals surface area contributed by atoms with Gasteiger partial charge in [0.05, 0.1) is 13.2 Å². The lowest BCUT2D eigenvalue weighted by molar-refractivity contribution is -0.360. The third-order valence-electron chi connectivity index (χ3n) is 23.1. The van der Waals surface area contributed by atoms with Gasteiger partial charge in [-0.3, -0.25) is 28.2 Å². The van der Waals surface area contributed by atoms with Crippen LogP contribution in [-0.4, -0.2) is 205 Å². The highest BCUT2D eigenvalue weighted by Gasteiger charge is 2.60. The van der Waals surface area contributed by atoms with Gasteiger partial charge in [0.1, 0.15) is 92.6 Å². The summed E-state index contributed by atoms with van der Waals surface area (Å²) in [6, 6.07) is 0. The lowest BCUT2D eigenvalue weighted by atomic mass is 9.84. The zero-order chi connectivity index (χ0) is 84.0. The topological polar surface area (TPSA) is 380 Å². The molecule has 2 heterocycles. The molecule has 0 radical (unpaired) electrons. The van der Waals surface area contributed by atoms with E-state index in [1.807, 2.05) is 0 Å². The minimum absolute atomic E-state index is 0.0198. The van der Waals surface area contributed by atoms with Gasteiger partial charge in [-0.25, -0.2) is 4.57 Å². The molecular formula is C89H167O25P. The van der Waals surface area contributed by atoms with Gasteiger partial charge in [-0.05, 0) is 25.7 Å². The van der Waals surface area contributed by atoms with Crippen LogP contribution in [0.3, 0.4) is 0 Å². The summed E-state index contributed by atoms with van der Waals surface area (Å²) >= 11 is 0. The summed E-state index contributed by atoms with van der Waals surface area (Å²) < 4.78 is 73.4. The molecule has 25 nitrogen and oxygen atoms in total. The molecule has 115 heavy (non-hydrogen) atoms. The van der Waals surface area contributed by atoms with Crippen molar-refractivity contribution in [3.8, 4) is 0 Å². The summed E-state index contributed by atoms with van der Waals surface area (Å²) in [5.74, 6) is -2.94. The summed E-state index contributed by atoms with van der Waals surface area (Å²) in [4.78, 5) is 66.4. The average molecular weight is 1670 g/mol. The fourth-order valence-corrected chi connectivity index (χ4v) is 16.6. The highest BCUT2D eigenvalue weighted by atomic mass is 31.2. The number of unbranched alkanes of at least 4 members (excludes halogenated alkanes) is 52. The largest absolute Gasteiger partial charge is 0.472 e. The van der Waals surface area contributed by atoms with Crippen LogP contribution < -0.4 is 0 Å². The van der Waals surface area contributed by atoms with E-state index in [0.717, 1.165) is 128 Å². The molecule has 3 aliphatic rings. The van der Waals surface area contributed by atoms with E-state index in [-0.39, 0.29) is 25.7 Å². The van der Waals surface area contributed by atoms with E-state index in [9.17, 15) is 74.6 Å². The van der Waals surface area contributed by atoms with Gasteiger partial charge in [-0.2, -0.15) is 0 Å². The van der Waals surface area contributed by atoms with Gasteiger partial charge in [0, 0.05) is 25.7 Å². The highest BCUT2D eigenvalue weighted by molar-refractivity contribution is 7.47. The molecule has 0 spiro atoms. The number of hydrogen-bond donors (Lipinski definition) is 10. The number of phosphoric acid groups is 1. The Hall–Kier alpha value is -2.53. The molecule has 0 bridgehead atoms. The van der Waals surface area contributed by atoms with Crippen LogP contribution in [0.5, 0.6) is 0 Å². The maximum absolute atomic E-state index is 14.9. The van der Waals surface area contributed by atoms with Crippen LogP contribution in [-0.2, 0) is 70.7 Å². The van der Waals surface area contributed by atoms with Crippen molar-refractivity contribution < 1.29 is 122 Å². The Morgan fingerprint density at radius 3 is 0.948 bits per heavy atom. The molecule has 18 atom stereocenters. The first kappa shape index (κ1) is 107. The van der Waals surface area contributed by atoms with E-state index in [1.165, 1.54) is 199 Å². The Labute approximate surface area is 693 Å². The fraction of sp³-hybridized carbons (Fsp3) is 0.955. The monoisotopic (exact) mass is 1670 g/mol. The molecule has 3 rings (SSSR count). The minimum Gasteiger partial charge on any atom is -0.463 e. The van der Waals surface area contributed by atoms with Crippen molar-refractivity contribution in [3.05, 3.63) is 0 Å². The molecule has 1 saturated carbocycles. The van der Waals surface area contributed by atoms with Crippen LogP contribution in [0, 0.1) is 0 Å². The number of rotatable bonds is 76. The number of phosphoric ester groups is 1. The Morgan fingerprint density at radius 1 is 0.313 bits per heavy atom. The number of esters is 4. The smallest absolute Gasteiger partial charge is 0.463 e. The number of aliphatic hydroxyl groups is 9. The lowest BCUT2D eigenvalue weighted by Crippen LogP contribution is -2.70. The molecule has 0 aromatic carbocycles. The molecule has 3 fully saturated rings. The molecule has 0 aromatic heterocycles. The van der Waals surface area contributed by atoms with Gasteiger partial charge in [-0.15, -0.1) is 0 Å². The van der Waals surface area contributed by atoms with E-state index in [2.05, 4.69) is 27.7 Å². The first-order valence-corrected chi connectivity index (χ1v) is 48.3. The molecule has 0 aromatic rings.